The molecule has 2 N–H and O–H groups in total. The van der Waals surface area contributed by atoms with Crippen LogP contribution in [0.1, 0.15) is 34.8 Å². The van der Waals surface area contributed by atoms with Crippen LogP contribution in [0.25, 0.3) is 32.3 Å². The quantitative estimate of drug-likeness (QED) is 0.0543. The van der Waals surface area contributed by atoms with Crippen LogP contribution in [0.3, 0.4) is 0 Å². The van der Waals surface area contributed by atoms with Crippen molar-refractivity contribution < 1.29 is 19.4 Å². The summed E-state index contributed by atoms with van der Waals surface area (Å²) in [5, 5.41) is 18.5. The van der Waals surface area contributed by atoms with Gasteiger partial charge in [-0.15, -0.1) is 0 Å². The van der Waals surface area contributed by atoms with Crippen molar-refractivity contribution in [3.8, 4) is 16.9 Å². The molecule has 0 radical (unpaired) electrons. The van der Waals surface area contributed by atoms with Crippen LogP contribution in [0.4, 0.5) is 5.69 Å². The number of carbonyl (C=O) groups is 1. The molecule has 2 atom stereocenters. The van der Waals surface area contributed by atoms with Crippen molar-refractivity contribution in [2.45, 2.75) is 31.0 Å². The van der Waals surface area contributed by atoms with Crippen LogP contribution in [-0.4, -0.2) is 35.7 Å². The summed E-state index contributed by atoms with van der Waals surface area (Å²) in [5.41, 5.74) is 13.5. The number of benzene rings is 6. The van der Waals surface area contributed by atoms with Gasteiger partial charge in [0.05, 0.1) is 6.61 Å². The molecular formula is C43H37N5O4. The second-order valence-corrected chi connectivity index (χ2v) is 12.6. The van der Waals surface area contributed by atoms with Gasteiger partial charge in [-0.3, -0.25) is 4.79 Å². The SMILES string of the molecule is [N-]=[N+]=Nc1ccccc1C[C@@]1(C(=O)NCc2cccc3ccccc23)N=C(c2ccc(OCCCO)cc2)O[C@@H]1c1ccc(-c2ccccc2)cc1. The van der Waals surface area contributed by atoms with Gasteiger partial charge in [0.25, 0.3) is 5.91 Å². The fourth-order valence-corrected chi connectivity index (χ4v) is 6.63. The smallest absolute Gasteiger partial charge is 0.252 e. The first-order chi connectivity index (χ1) is 25.6. The van der Waals surface area contributed by atoms with Gasteiger partial charge in [-0.05, 0) is 68.4 Å². The van der Waals surface area contributed by atoms with E-state index < -0.39 is 11.6 Å². The number of nitrogens with zero attached hydrogens (tertiary/aromatic N) is 4. The molecule has 0 fully saturated rings. The minimum Gasteiger partial charge on any atom is -0.494 e. The first kappa shape index (κ1) is 34.1. The number of azide groups is 1. The Hall–Kier alpha value is -6.41. The van der Waals surface area contributed by atoms with Gasteiger partial charge in [-0.25, -0.2) is 4.99 Å². The third-order valence-electron chi connectivity index (χ3n) is 9.27. The lowest BCUT2D eigenvalue weighted by molar-refractivity contribution is -0.129. The molecule has 9 nitrogen and oxygen atoms in total. The zero-order valence-electron chi connectivity index (χ0n) is 28.4. The second-order valence-electron chi connectivity index (χ2n) is 12.6. The number of ether oxygens (including phenoxy) is 2. The molecule has 1 amide bonds. The molecular weight excluding hydrogens is 651 g/mol. The molecule has 1 aliphatic heterocycles. The number of rotatable bonds is 13. The Labute approximate surface area is 301 Å². The summed E-state index contributed by atoms with van der Waals surface area (Å²) >= 11 is 0. The van der Waals surface area contributed by atoms with Gasteiger partial charge in [-0.1, -0.05) is 126 Å². The van der Waals surface area contributed by atoms with E-state index in [0.29, 0.717) is 41.5 Å². The first-order valence-electron chi connectivity index (χ1n) is 17.2. The molecule has 1 heterocycles. The van der Waals surface area contributed by atoms with Crippen LogP contribution >= 0.6 is 0 Å². The molecule has 0 spiro atoms. The normalized spacial score (nSPS) is 16.4. The lowest BCUT2D eigenvalue weighted by atomic mass is 9.81. The fraction of sp³-hybridized carbons (Fsp3) is 0.163. The predicted molar refractivity (Wildman–Crippen MR) is 203 cm³/mol. The zero-order valence-corrected chi connectivity index (χ0v) is 28.4. The van der Waals surface area contributed by atoms with Gasteiger partial charge in [0.2, 0.25) is 5.90 Å². The van der Waals surface area contributed by atoms with Crippen molar-refractivity contribution in [3.63, 3.8) is 0 Å². The molecule has 0 saturated heterocycles. The highest BCUT2D eigenvalue weighted by atomic mass is 16.5. The van der Waals surface area contributed by atoms with Crippen molar-refractivity contribution in [2.75, 3.05) is 13.2 Å². The summed E-state index contributed by atoms with van der Waals surface area (Å²) in [4.78, 5) is 23.2. The number of aliphatic hydroxyl groups excluding tert-OH is 1. The van der Waals surface area contributed by atoms with E-state index in [-0.39, 0.29) is 25.5 Å². The van der Waals surface area contributed by atoms with Gasteiger partial charge < -0.3 is 19.9 Å². The summed E-state index contributed by atoms with van der Waals surface area (Å²) in [6, 6.07) is 46.8. The second kappa shape index (κ2) is 15.6. The van der Waals surface area contributed by atoms with E-state index in [0.717, 1.165) is 33.0 Å². The molecule has 0 aliphatic carbocycles. The third kappa shape index (κ3) is 7.23. The van der Waals surface area contributed by atoms with Crippen LogP contribution in [0.15, 0.2) is 156 Å². The van der Waals surface area contributed by atoms with Crippen molar-refractivity contribution in [1.29, 1.82) is 0 Å². The van der Waals surface area contributed by atoms with Gasteiger partial charge in [0, 0.05) is 42.2 Å². The van der Waals surface area contributed by atoms with Gasteiger partial charge in [-0.2, -0.15) is 0 Å². The Morgan fingerprint density at radius 3 is 2.27 bits per heavy atom. The molecule has 1 aliphatic rings. The van der Waals surface area contributed by atoms with E-state index in [1.165, 1.54) is 0 Å². The Morgan fingerprint density at radius 2 is 1.48 bits per heavy atom. The molecule has 0 aromatic heterocycles. The largest absolute Gasteiger partial charge is 0.494 e. The van der Waals surface area contributed by atoms with E-state index in [2.05, 4.69) is 27.5 Å². The molecule has 9 heteroatoms. The van der Waals surface area contributed by atoms with Gasteiger partial charge in [0.1, 0.15) is 5.75 Å². The van der Waals surface area contributed by atoms with Crippen molar-refractivity contribution >= 4 is 28.3 Å². The highest BCUT2D eigenvalue weighted by Gasteiger charge is 2.53. The van der Waals surface area contributed by atoms with E-state index >= 15 is 0 Å². The topological polar surface area (TPSA) is 129 Å². The predicted octanol–water partition coefficient (Wildman–Crippen LogP) is 9.03. The molecule has 7 rings (SSSR count). The Balaban J connectivity index is 1.32. The molecule has 6 aromatic rings. The number of hydrogen-bond acceptors (Lipinski definition) is 6. The minimum atomic E-state index is -1.49. The molecule has 0 bridgehead atoms. The monoisotopic (exact) mass is 687 g/mol. The van der Waals surface area contributed by atoms with E-state index in [1.807, 2.05) is 121 Å². The average molecular weight is 688 g/mol. The lowest BCUT2D eigenvalue weighted by Crippen LogP contribution is -2.49. The van der Waals surface area contributed by atoms with Gasteiger partial charge >= 0.3 is 0 Å². The van der Waals surface area contributed by atoms with Gasteiger partial charge in [0.15, 0.2) is 11.6 Å². The van der Waals surface area contributed by atoms with Crippen molar-refractivity contribution in [1.82, 2.24) is 5.32 Å². The highest BCUT2D eigenvalue weighted by molar-refractivity contribution is 6.01. The number of aliphatic imine (C=N–C) groups is 1. The minimum absolute atomic E-state index is 0.0455. The Morgan fingerprint density at radius 1 is 0.808 bits per heavy atom. The average Bonchev–Trinajstić information content (AvgIpc) is 3.59. The summed E-state index contributed by atoms with van der Waals surface area (Å²) in [7, 11) is 0. The number of aliphatic hydroxyl groups is 1. The first-order valence-corrected chi connectivity index (χ1v) is 17.2. The number of amides is 1. The summed E-state index contributed by atoms with van der Waals surface area (Å²) in [5.74, 6) is 0.624. The maximum absolute atomic E-state index is 15.0. The number of carbonyl (C=O) groups excluding carboxylic acids is 1. The standard InChI is InChI=1S/C43H37N5O4/c44-48-47-39-17-7-5-13-35(39)28-43(42(50)45-29-36-15-8-14-32-12-4-6-16-38(32)36)40(33-20-18-31(19-21-33)30-10-2-1-3-11-30)52-41(46-43)34-22-24-37(25-23-34)51-27-9-26-49/h1-8,10-25,40,49H,9,26-29H2,(H,45,50)/t40-,43-/m1/s1. The van der Waals surface area contributed by atoms with Crippen LogP contribution in [0.2, 0.25) is 0 Å². The van der Waals surface area contributed by atoms with Crippen molar-refractivity contribution in [2.24, 2.45) is 10.1 Å². The molecule has 52 heavy (non-hydrogen) atoms. The van der Waals surface area contributed by atoms with Crippen LogP contribution in [-0.2, 0) is 22.5 Å². The van der Waals surface area contributed by atoms with Crippen LogP contribution in [0.5, 0.6) is 5.75 Å². The molecule has 0 saturated carbocycles. The maximum Gasteiger partial charge on any atom is 0.252 e. The number of fused-ring (bicyclic) bond motifs is 1. The number of hydrogen-bond donors (Lipinski definition) is 2. The summed E-state index contributed by atoms with van der Waals surface area (Å²) in [6.07, 6.45) is -0.212. The molecule has 0 unspecified atom stereocenters. The van der Waals surface area contributed by atoms with Crippen LogP contribution in [0, 0.1) is 0 Å². The Bertz CT molecular complexity index is 2250. The third-order valence-corrected chi connectivity index (χ3v) is 9.27. The zero-order chi connectivity index (χ0) is 35.8. The van der Waals surface area contributed by atoms with E-state index in [1.54, 1.807) is 12.1 Å². The fourth-order valence-electron chi connectivity index (χ4n) is 6.63. The summed E-state index contributed by atoms with van der Waals surface area (Å²) in [6.45, 7) is 0.702. The maximum atomic E-state index is 15.0. The highest BCUT2D eigenvalue weighted by Crippen LogP contribution is 2.44. The lowest BCUT2D eigenvalue weighted by Gasteiger charge is -2.31. The van der Waals surface area contributed by atoms with E-state index in [4.69, 9.17) is 19.6 Å². The Kier molecular flexibility index (Phi) is 10.2. The number of nitrogens with one attached hydrogen (secondary N) is 1. The van der Waals surface area contributed by atoms with Crippen molar-refractivity contribution in [3.05, 3.63) is 178 Å². The molecule has 258 valence electrons. The van der Waals surface area contributed by atoms with Crippen LogP contribution < -0.4 is 10.1 Å². The van der Waals surface area contributed by atoms with E-state index in [9.17, 15) is 10.3 Å². The molecule has 6 aromatic carbocycles. The summed E-state index contributed by atoms with van der Waals surface area (Å²) < 4.78 is 12.5.